The molecule has 2 heterocycles. The highest BCUT2D eigenvalue weighted by molar-refractivity contribution is 7.91. The Labute approximate surface area is 130 Å². The first-order valence-electron chi connectivity index (χ1n) is 7.31. The number of ether oxygens (including phenoxy) is 1. The molecule has 120 valence electrons. The van der Waals surface area contributed by atoms with Crippen LogP contribution in [0.15, 0.2) is 10.3 Å². The van der Waals surface area contributed by atoms with E-state index in [9.17, 15) is 13.5 Å². The van der Waals surface area contributed by atoms with Crippen LogP contribution >= 0.6 is 11.3 Å². The van der Waals surface area contributed by atoms with Crippen molar-refractivity contribution < 1.29 is 18.3 Å². The van der Waals surface area contributed by atoms with Crippen molar-refractivity contribution in [3.8, 4) is 0 Å². The number of aliphatic hydroxyl groups excluding tert-OH is 1. The number of rotatable bonds is 6. The summed E-state index contributed by atoms with van der Waals surface area (Å²) in [5, 5.41) is 9.23. The maximum Gasteiger partial charge on any atom is 0.252 e. The lowest BCUT2D eigenvalue weighted by Gasteiger charge is -2.31. The van der Waals surface area contributed by atoms with Gasteiger partial charge in [-0.25, -0.2) is 8.42 Å². The first kappa shape index (κ1) is 16.9. The summed E-state index contributed by atoms with van der Waals surface area (Å²) < 4.78 is 32.9. The van der Waals surface area contributed by atoms with Gasteiger partial charge in [-0.3, -0.25) is 0 Å². The largest absolute Gasteiger partial charge is 0.391 e. The van der Waals surface area contributed by atoms with E-state index in [1.54, 1.807) is 6.07 Å². The topological polar surface area (TPSA) is 66.8 Å². The fourth-order valence-corrected chi connectivity index (χ4v) is 5.56. The van der Waals surface area contributed by atoms with E-state index in [1.807, 2.05) is 13.8 Å². The maximum absolute atomic E-state index is 12.7. The molecule has 0 bridgehead atoms. The van der Waals surface area contributed by atoms with Gasteiger partial charge in [0.2, 0.25) is 0 Å². The van der Waals surface area contributed by atoms with Gasteiger partial charge in [0.25, 0.3) is 10.0 Å². The molecule has 0 amide bonds. The Bertz CT molecular complexity index is 568. The lowest BCUT2D eigenvalue weighted by Crippen LogP contribution is -2.43. The number of aliphatic hydroxyl groups is 1. The lowest BCUT2D eigenvalue weighted by atomic mass is 10.1. The number of sulfonamides is 1. The first-order chi connectivity index (χ1) is 9.98. The lowest BCUT2D eigenvalue weighted by molar-refractivity contribution is 0.0194. The second kappa shape index (κ2) is 7.19. The van der Waals surface area contributed by atoms with Crippen LogP contribution in [0.3, 0.4) is 0 Å². The molecule has 0 saturated carbocycles. The second-order valence-corrected chi connectivity index (χ2v) is 8.63. The summed E-state index contributed by atoms with van der Waals surface area (Å²) in [7, 11) is -3.47. The zero-order valence-electron chi connectivity index (χ0n) is 12.5. The van der Waals surface area contributed by atoms with Crippen LogP contribution in [0.25, 0.3) is 0 Å². The molecule has 1 N–H and O–H groups in total. The Balaban J connectivity index is 2.14. The fourth-order valence-electron chi connectivity index (χ4n) is 2.44. The Morgan fingerprint density at radius 1 is 1.52 bits per heavy atom. The Morgan fingerprint density at radius 2 is 2.29 bits per heavy atom. The van der Waals surface area contributed by atoms with Crippen LogP contribution in [0.1, 0.15) is 36.6 Å². The second-order valence-electron chi connectivity index (χ2n) is 5.33. The average molecular weight is 333 g/mol. The van der Waals surface area contributed by atoms with Crippen molar-refractivity contribution in [3.05, 3.63) is 16.5 Å². The summed E-state index contributed by atoms with van der Waals surface area (Å²) in [5.74, 6) is 0. The van der Waals surface area contributed by atoms with Crippen molar-refractivity contribution in [1.82, 2.24) is 4.31 Å². The highest BCUT2D eigenvalue weighted by Crippen LogP contribution is 2.30. The van der Waals surface area contributed by atoms with Crippen LogP contribution in [0.4, 0.5) is 0 Å². The molecule has 1 aromatic heterocycles. The molecule has 1 saturated heterocycles. The van der Waals surface area contributed by atoms with Gasteiger partial charge >= 0.3 is 0 Å². The highest BCUT2D eigenvalue weighted by atomic mass is 32.2. The van der Waals surface area contributed by atoms with E-state index in [4.69, 9.17) is 4.74 Å². The van der Waals surface area contributed by atoms with Crippen molar-refractivity contribution in [2.24, 2.45) is 0 Å². The van der Waals surface area contributed by atoms with Crippen molar-refractivity contribution in [1.29, 1.82) is 0 Å². The number of hydrogen-bond donors (Lipinski definition) is 1. The minimum atomic E-state index is -3.47. The predicted molar refractivity (Wildman–Crippen MR) is 83.0 cm³/mol. The van der Waals surface area contributed by atoms with E-state index in [1.165, 1.54) is 4.31 Å². The van der Waals surface area contributed by atoms with E-state index < -0.39 is 10.0 Å². The summed E-state index contributed by atoms with van der Waals surface area (Å²) in [6, 6.07) is 1.65. The normalized spacial score (nSPS) is 20.8. The molecule has 2 rings (SSSR count). The van der Waals surface area contributed by atoms with Crippen molar-refractivity contribution >= 4 is 21.4 Å². The Kier molecular flexibility index (Phi) is 5.79. The Hall–Kier alpha value is -0.470. The molecule has 0 aromatic carbocycles. The van der Waals surface area contributed by atoms with Gasteiger partial charge in [-0.1, -0.05) is 6.92 Å². The molecule has 1 aliphatic heterocycles. The van der Waals surface area contributed by atoms with Gasteiger partial charge in [0.05, 0.1) is 12.7 Å². The zero-order valence-corrected chi connectivity index (χ0v) is 14.2. The molecule has 0 radical (unpaired) electrons. The van der Waals surface area contributed by atoms with Crippen molar-refractivity contribution in [2.45, 2.75) is 50.0 Å². The maximum atomic E-state index is 12.7. The standard InChI is InChI=1S/C14H23NO4S2/c1-3-7-19-12-5-4-6-15(9-12)21(17,18)14-8-11(2)13(10-16)20-14/h8,12,16H,3-7,9-10H2,1-2H3. The third kappa shape index (κ3) is 3.84. The molecule has 1 aromatic rings. The summed E-state index contributed by atoms with van der Waals surface area (Å²) in [6.45, 7) is 5.39. The van der Waals surface area contributed by atoms with Gasteiger partial charge < -0.3 is 9.84 Å². The first-order valence-corrected chi connectivity index (χ1v) is 9.56. The van der Waals surface area contributed by atoms with Crippen LogP contribution in [-0.4, -0.2) is 43.6 Å². The SMILES string of the molecule is CCCOC1CCCN(S(=O)(=O)c2cc(C)c(CO)s2)C1. The molecule has 7 heteroatoms. The van der Waals surface area contributed by atoms with E-state index in [2.05, 4.69) is 0 Å². The minimum Gasteiger partial charge on any atom is -0.391 e. The molecule has 0 aliphatic carbocycles. The minimum absolute atomic E-state index is 0.00755. The van der Waals surface area contributed by atoms with Gasteiger partial charge in [0.15, 0.2) is 0 Å². The number of aryl methyl sites for hydroxylation is 1. The van der Waals surface area contributed by atoms with Crippen LogP contribution in [0.2, 0.25) is 0 Å². The monoisotopic (exact) mass is 333 g/mol. The van der Waals surface area contributed by atoms with Crippen LogP contribution < -0.4 is 0 Å². The van der Waals surface area contributed by atoms with Crippen molar-refractivity contribution in [2.75, 3.05) is 19.7 Å². The summed E-state index contributed by atoms with van der Waals surface area (Å²) in [4.78, 5) is 0.712. The third-order valence-corrected chi connectivity index (χ3v) is 7.17. The van der Waals surface area contributed by atoms with Gasteiger partial charge in [0, 0.05) is 24.6 Å². The molecule has 21 heavy (non-hydrogen) atoms. The summed E-state index contributed by atoms with van der Waals surface area (Å²) in [6.07, 6.45) is 2.67. The van der Waals surface area contributed by atoms with E-state index in [0.29, 0.717) is 28.8 Å². The smallest absolute Gasteiger partial charge is 0.252 e. The van der Waals surface area contributed by atoms with Gasteiger partial charge in [-0.2, -0.15) is 4.31 Å². The summed E-state index contributed by atoms with van der Waals surface area (Å²) in [5.41, 5.74) is 0.830. The number of nitrogens with zero attached hydrogens (tertiary/aromatic N) is 1. The summed E-state index contributed by atoms with van der Waals surface area (Å²) >= 11 is 1.16. The van der Waals surface area contributed by atoms with Crippen LogP contribution in [0, 0.1) is 6.92 Å². The predicted octanol–water partition coefficient (Wildman–Crippen LogP) is 2.13. The van der Waals surface area contributed by atoms with Gasteiger partial charge in [0.1, 0.15) is 4.21 Å². The highest BCUT2D eigenvalue weighted by Gasteiger charge is 2.32. The van der Waals surface area contributed by atoms with Gasteiger partial charge in [-0.05, 0) is 37.8 Å². The van der Waals surface area contributed by atoms with Gasteiger partial charge in [-0.15, -0.1) is 11.3 Å². The number of thiophene rings is 1. The zero-order chi connectivity index (χ0) is 15.5. The molecule has 1 aliphatic rings. The van der Waals surface area contributed by atoms with Crippen LogP contribution in [-0.2, 0) is 21.4 Å². The fraction of sp³-hybridized carbons (Fsp3) is 0.714. The van der Waals surface area contributed by atoms with Crippen molar-refractivity contribution in [3.63, 3.8) is 0 Å². The third-order valence-electron chi connectivity index (χ3n) is 3.63. The molecular weight excluding hydrogens is 310 g/mol. The molecule has 1 fully saturated rings. The van der Waals surface area contributed by atoms with E-state index in [-0.39, 0.29) is 12.7 Å². The quantitative estimate of drug-likeness (QED) is 0.866. The van der Waals surface area contributed by atoms with E-state index in [0.717, 1.165) is 36.2 Å². The number of piperidine rings is 1. The molecule has 5 nitrogen and oxygen atoms in total. The number of hydrogen-bond acceptors (Lipinski definition) is 5. The molecule has 1 unspecified atom stereocenters. The van der Waals surface area contributed by atoms with E-state index >= 15 is 0 Å². The molecule has 1 atom stereocenters. The molecular formula is C14H23NO4S2. The average Bonchev–Trinajstić information content (AvgIpc) is 2.87. The Morgan fingerprint density at radius 3 is 2.90 bits per heavy atom. The molecule has 0 spiro atoms. The van der Waals surface area contributed by atoms with Crippen LogP contribution in [0.5, 0.6) is 0 Å².